The van der Waals surface area contributed by atoms with Crippen LogP contribution in [0.1, 0.15) is 49.4 Å². The zero-order valence-corrected chi connectivity index (χ0v) is 11.9. The molecule has 1 aromatic carbocycles. The Morgan fingerprint density at radius 3 is 2.74 bits per heavy atom. The Morgan fingerprint density at radius 1 is 1.21 bits per heavy atom. The number of aromatic amines is 1. The number of hydrogen-bond acceptors (Lipinski definition) is 2. The molecule has 3 nitrogen and oxygen atoms in total. The number of rotatable bonds is 2. The van der Waals surface area contributed by atoms with Gasteiger partial charge in [0.1, 0.15) is 5.82 Å². The van der Waals surface area contributed by atoms with E-state index in [1.807, 2.05) is 25.1 Å². The summed E-state index contributed by atoms with van der Waals surface area (Å²) in [6, 6.07) is 5.83. The molecule has 1 heterocycles. The van der Waals surface area contributed by atoms with Crippen molar-refractivity contribution in [1.82, 2.24) is 15.2 Å². The van der Waals surface area contributed by atoms with Gasteiger partial charge in [0.05, 0.1) is 0 Å². The van der Waals surface area contributed by atoms with Crippen molar-refractivity contribution in [3.8, 4) is 11.4 Å². The maximum Gasteiger partial charge on any atom is 0.181 e. The number of nitrogens with one attached hydrogen (secondary N) is 1. The van der Waals surface area contributed by atoms with E-state index in [4.69, 9.17) is 11.6 Å². The van der Waals surface area contributed by atoms with Gasteiger partial charge in [-0.15, -0.1) is 0 Å². The standard InChI is InChI=1S/C15H18ClN3/c1-10-9-12(16)7-8-13(10)15-17-14(18-19-15)11-5-3-2-4-6-11/h7-9,11H,2-6H2,1H3,(H,17,18,19). The summed E-state index contributed by atoms with van der Waals surface area (Å²) in [5.41, 5.74) is 2.17. The minimum atomic E-state index is 0.558. The minimum absolute atomic E-state index is 0.558. The molecular formula is C15H18ClN3. The lowest BCUT2D eigenvalue weighted by atomic mass is 9.89. The second-order valence-corrected chi connectivity index (χ2v) is 5.77. The van der Waals surface area contributed by atoms with Crippen molar-refractivity contribution < 1.29 is 0 Å². The fourth-order valence-electron chi connectivity index (χ4n) is 2.83. The van der Waals surface area contributed by atoms with Gasteiger partial charge in [-0.25, -0.2) is 4.98 Å². The van der Waals surface area contributed by atoms with Gasteiger partial charge in [0.15, 0.2) is 5.82 Å². The Morgan fingerprint density at radius 2 is 2.00 bits per heavy atom. The van der Waals surface area contributed by atoms with Gasteiger partial charge in [-0.3, -0.25) is 5.10 Å². The maximum absolute atomic E-state index is 5.98. The number of benzene rings is 1. The van der Waals surface area contributed by atoms with Crippen LogP contribution in [-0.2, 0) is 0 Å². The summed E-state index contributed by atoms with van der Waals surface area (Å²) in [5, 5.41) is 8.25. The van der Waals surface area contributed by atoms with Crippen LogP contribution in [0, 0.1) is 6.92 Å². The smallest absolute Gasteiger partial charge is 0.181 e. The van der Waals surface area contributed by atoms with E-state index < -0.39 is 0 Å². The largest absolute Gasteiger partial charge is 0.262 e. The molecule has 1 aliphatic rings. The molecule has 4 heteroatoms. The SMILES string of the molecule is Cc1cc(Cl)ccc1-c1n[nH]c(C2CCCCC2)n1. The highest BCUT2D eigenvalue weighted by Crippen LogP contribution is 2.32. The van der Waals surface area contributed by atoms with Crippen LogP contribution in [0.3, 0.4) is 0 Å². The average molecular weight is 276 g/mol. The van der Waals surface area contributed by atoms with E-state index in [0.717, 1.165) is 27.8 Å². The molecule has 0 bridgehead atoms. The molecule has 0 unspecified atom stereocenters. The first-order valence-electron chi connectivity index (χ1n) is 6.93. The molecule has 0 amide bonds. The number of aryl methyl sites for hydroxylation is 1. The van der Waals surface area contributed by atoms with Crippen LogP contribution in [-0.4, -0.2) is 15.2 Å². The van der Waals surface area contributed by atoms with Gasteiger partial charge in [0.25, 0.3) is 0 Å². The second-order valence-electron chi connectivity index (χ2n) is 5.34. The fourth-order valence-corrected chi connectivity index (χ4v) is 3.06. The number of nitrogens with zero attached hydrogens (tertiary/aromatic N) is 2. The normalized spacial score (nSPS) is 16.7. The molecule has 1 aromatic heterocycles. The molecular weight excluding hydrogens is 258 g/mol. The van der Waals surface area contributed by atoms with Crippen molar-refractivity contribution >= 4 is 11.6 Å². The fraction of sp³-hybridized carbons (Fsp3) is 0.467. The summed E-state index contributed by atoms with van der Waals surface area (Å²) in [6.07, 6.45) is 6.43. The quantitative estimate of drug-likeness (QED) is 0.878. The van der Waals surface area contributed by atoms with E-state index in [1.165, 1.54) is 32.1 Å². The van der Waals surface area contributed by atoms with Crippen molar-refractivity contribution in [3.63, 3.8) is 0 Å². The van der Waals surface area contributed by atoms with Crippen molar-refractivity contribution in [1.29, 1.82) is 0 Å². The van der Waals surface area contributed by atoms with Gasteiger partial charge in [-0.1, -0.05) is 30.9 Å². The molecule has 1 saturated carbocycles. The van der Waals surface area contributed by atoms with Crippen molar-refractivity contribution in [2.75, 3.05) is 0 Å². The van der Waals surface area contributed by atoms with Gasteiger partial charge >= 0.3 is 0 Å². The third kappa shape index (κ3) is 2.66. The molecule has 0 radical (unpaired) electrons. The van der Waals surface area contributed by atoms with Gasteiger partial charge in [0, 0.05) is 16.5 Å². The maximum atomic E-state index is 5.98. The third-order valence-electron chi connectivity index (χ3n) is 3.92. The van der Waals surface area contributed by atoms with E-state index in [0.29, 0.717) is 5.92 Å². The lowest BCUT2D eigenvalue weighted by Gasteiger charge is -2.18. The molecule has 100 valence electrons. The zero-order chi connectivity index (χ0) is 13.2. The summed E-state index contributed by atoms with van der Waals surface area (Å²) in [5.74, 6) is 2.39. The molecule has 1 fully saturated rings. The van der Waals surface area contributed by atoms with E-state index in [1.54, 1.807) is 0 Å². The van der Waals surface area contributed by atoms with Crippen LogP contribution in [0.15, 0.2) is 18.2 Å². The molecule has 3 rings (SSSR count). The van der Waals surface area contributed by atoms with Crippen LogP contribution in [0.4, 0.5) is 0 Å². The Bertz CT molecular complexity index is 571. The van der Waals surface area contributed by atoms with Gasteiger partial charge < -0.3 is 0 Å². The summed E-state index contributed by atoms with van der Waals surface area (Å²) in [6.45, 7) is 2.04. The van der Waals surface area contributed by atoms with E-state index in [-0.39, 0.29) is 0 Å². The highest BCUT2D eigenvalue weighted by molar-refractivity contribution is 6.30. The summed E-state index contributed by atoms with van der Waals surface area (Å²) in [7, 11) is 0. The predicted molar refractivity (Wildman–Crippen MR) is 77.4 cm³/mol. The molecule has 0 atom stereocenters. The Hall–Kier alpha value is -1.35. The molecule has 2 aromatic rings. The lowest BCUT2D eigenvalue weighted by Crippen LogP contribution is -2.06. The van der Waals surface area contributed by atoms with Crippen molar-refractivity contribution in [2.45, 2.75) is 44.9 Å². The molecule has 1 N–H and O–H groups in total. The van der Waals surface area contributed by atoms with Crippen LogP contribution in [0.5, 0.6) is 0 Å². The minimum Gasteiger partial charge on any atom is -0.262 e. The average Bonchev–Trinajstić information content (AvgIpc) is 2.89. The number of H-pyrrole nitrogens is 1. The molecule has 0 spiro atoms. The first kappa shape index (κ1) is 12.7. The second kappa shape index (κ2) is 5.33. The van der Waals surface area contributed by atoms with Gasteiger partial charge in [-0.2, -0.15) is 5.10 Å². The van der Waals surface area contributed by atoms with Crippen LogP contribution < -0.4 is 0 Å². The zero-order valence-electron chi connectivity index (χ0n) is 11.1. The highest BCUT2D eigenvalue weighted by Gasteiger charge is 2.19. The Balaban J connectivity index is 1.87. The van der Waals surface area contributed by atoms with Crippen molar-refractivity contribution in [2.24, 2.45) is 0 Å². The number of hydrogen-bond donors (Lipinski definition) is 1. The highest BCUT2D eigenvalue weighted by atomic mass is 35.5. The topological polar surface area (TPSA) is 41.6 Å². The summed E-state index contributed by atoms with van der Waals surface area (Å²) < 4.78 is 0. The van der Waals surface area contributed by atoms with E-state index >= 15 is 0 Å². The summed E-state index contributed by atoms with van der Waals surface area (Å²) in [4.78, 5) is 4.68. The lowest BCUT2D eigenvalue weighted by molar-refractivity contribution is 0.429. The van der Waals surface area contributed by atoms with Gasteiger partial charge in [-0.05, 0) is 43.5 Å². The third-order valence-corrected chi connectivity index (χ3v) is 4.16. The Kier molecular flexibility index (Phi) is 3.56. The van der Waals surface area contributed by atoms with Crippen LogP contribution in [0.25, 0.3) is 11.4 Å². The predicted octanol–water partition coefficient (Wildman–Crippen LogP) is 4.48. The van der Waals surface area contributed by atoms with Crippen molar-refractivity contribution in [3.05, 3.63) is 34.6 Å². The van der Waals surface area contributed by atoms with E-state index in [2.05, 4.69) is 15.2 Å². The van der Waals surface area contributed by atoms with E-state index in [9.17, 15) is 0 Å². The Labute approximate surface area is 118 Å². The molecule has 1 aliphatic carbocycles. The molecule has 19 heavy (non-hydrogen) atoms. The van der Waals surface area contributed by atoms with Crippen LogP contribution >= 0.6 is 11.6 Å². The monoisotopic (exact) mass is 275 g/mol. The first-order valence-corrected chi connectivity index (χ1v) is 7.30. The molecule has 0 saturated heterocycles. The first-order chi connectivity index (χ1) is 9.24. The van der Waals surface area contributed by atoms with Gasteiger partial charge in [0.2, 0.25) is 0 Å². The van der Waals surface area contributed by atoms with Crippen LogP contribution in [0.2, 0.25) is 5.02 Å². The summed E-state index contributed by atoms with van der Waals surface area (Å²) >= 11 is 5.98. The number of halogens is 1. The number of aromatic nitrogens is 3. The molecule has 0 aliphatic heterocycles.